The van der Waals surface area contributed by atoms with E-state index in [2.05, 4.69) is 5.32 Å². The minimum Gasteiger partial charge on any atom is -0.450 e. The van der Waals surface area contributed by atoms with Gasteiger partial charge in [0.25, 0.3) is 0 Å². The Kier molecular flexibility index (Phi) is 7.57. The summed E-state index contributed by atoms with van der Waals surface area (Å²) in [6.45, 7) is 2.35. The lowest BCUT2D eigenvalue weighted by molar-refractivity contribution is -0.119. The predicted octanol–water partition coefficient (Wildman–Crippen LogP) is 2.16. The number of carbonyl (C=O) groups excluding carboxylic acids is 2. The molecular weight excluding hydrogens is 276 g/mol. The van der Waals surface area contributed by atoms with Crippen molar-refractivity contribution in [1.82, 2.24) is 5.32 Å². The maximum atomic E-state index is 11.5. The van der Waals surface area contributed by atoms with E-state index in [1.165, 1.54) is 11.8 Å². The van der Waals surface area contributed by atoms with Gasteiger partial charge in [0.2, 0.25) is 5.91 Å². The minimum atomic E-state index is -0.741. The lowest BCUT2D eigenvalue weighted by Gasteiger charge is -2.15. The second-order valence-electron chi connectivity index (χ2n) is 4.21. The van der Waals surface area contributed by atoms with E-state index in [-0.39, 0.29) is 0 Å². The van der Waals surface area contributed by atoms with E-state index in [0.29, 0.717) is 12.4 Å². The number of carbonyl (C=O) groups is 2. The summed E-state index contributed by atoms with van der Waals surface area (Å²) in [5.41, 5.74) is 5.28. The Balaban J connectivity index is 2.40. The first-order valence-electron chi connectivity index (χ1n) is 6.54. The highest BCUT2D eigenvalue weighted by molar-refractivity contribution is 7.99. The van der Waals surface area contributed by atoms with Crippen molar-refractivity contribution in [3.63, 3.8) is 0 Å². The molecule has 20 heavy (non-hydrogen) atoms. The molecule has 1 aromatic carbocycles. The Morgan fingerprint density at radius 1 is 1.35 bits per heavy atom. The van der Waals surface area contributed by atoms with Gasteiger partial charge in [-0.15, -0.1) is 11.8 Å². The normalized spacial score (nSPS) is 11.7. The maximum absolute atomic E-state index is 11.5. The van der Waals surface area contributed by atoms with E-state index < -0.39 is 18.0 Å². The average molecular weight is 296 g/mol. The van der Waals surface area contributed by atoms with Crippen LogP contribution in [0.1, 0.15) is 19.8 Å². The minimum absolute atomic E-state index is 0.347. The number of amides is 2. The summed E-state index contributed by atoms with van der Waals surface area (Å²) >= 11 is 1.46. The molecule has 6 heteroatoms. The fourth-order valence-corrected chi connectivity index (χ4v) is 2.34. The molecule has 0 spiro atoms. The van der Waals surface area contributed by atoms with Gasteiger partial charge in [-0.25, -0.2) is 4.79 Å². The number of thioether (sulfide) groups is 1. The van der Waals surface area contributed by atoms with Gasteiger partial charge in [-0.2, -0.15) is 0 Å². The van der Waals surface area contributed by atoms with Crippen molar-refractivity contribution < 1.29 is 14.3 Å². The van der Waals surface area contributed by atoms with Crippen LogP contribution in [0.3, 0.4) is 0 Å². The van der Waals surface area contributed by atoms with E-state index in [0.717, 1.165) is 17.7 Å². The number of nitrogens with one attached hydrogen (secondary N) is 1. The molecule has 0 fully saturated rings. The monoisotopic (exact) mass is 296 g/mol. The zero-order chi connectivity index (χ0) is 14.8. The molecule has 0 aromatic heterocycles. The van der Waals surface area contributed by atoms with E-state index in [9.17, 15) is 9.59 Å². The van der Waals surface area contributed by atoms with Crippen LogP contribution in [-0.4, -0.2) is 30.4 Å². The fraction of sp³-hybridized carbons (Fsp3) is 0.429. The number of rotatable bonds is 8. The number of nitrogens with two attached hydrogens (primary N) is 1. The Labute approximate surface area is 123 Å². The molecule has 0 heterocycles. The van der Waals surface area contributed by atoms with E-state index in [4.69, 9.17) is 10.5 Å². The van der Waals surface area contributed by atoms with Crippen molar-refractivity contribution in [2.45, 2.75) is 30.7 Å². The van der Waals surface area contributed by atoms with Gasteiger partial charge in [0.05, 0.1) is 6.61 Å². The van der Waals surface area contributed by atoms with Crippen molar-refractivity contribution in [1.29, 1.82) is 0 Å². The van der Waals surface area contributed by atoms with Gasteiger partial charge >= 0.3 is 6.09 Å². The molecule has 2 amide bonds. The molecule has 3 N–H and O–H groups in total. The summed E-state index contributed by atoms with van der Waals surface area (Å²) < 4.78 is 4.95. The van der Waals surface area contributed by atoms with Crippen molar-refractivity contribution >= 4 is 23.8 Å². The molecule has 0 saturated carbocycles. The van der Waals surface area contributed by atoms with E-state index in [1.807, 2.05) is 37.3 Å². The highest BCUT2D eigenvalue weighted by Crippen LogP contribution is 2.17. The van der Waals surface area contributed by atoms with Crippen molar-refractivity contribution in [2.24, 2.45) is 5.73 Å². The van der Waals surface area contributed by atoms with Gasteiger partial charge in [-0.3, -0.25) is 4.79 Å². The van der Waals surface area contributed by atoms with Gasteiger partial charge < -0.3 is 15.8 Å². The number of primary amides is 1. The Morgan fingerprint density at radius 2 is 2.05 bits per heavy atom. The molecule has 0 bridgehead atoms. The molecule has 0 aliphatic carbocycles. The molecule has 0 aliphatic heterocycles. The van der Waals surface area contributed by atoms with Crippen LogP contribution in [0, 0.1) is 0 Å². The number of alkyl carbamates (subject to hydrolysis) is 1. The van der Waals surface area contributed by atoms with Crippen LogP contribution in [0.25, 0.3) is 0 Å². The van der Waals surface area contributed by atoms with Crippen LogP contribution < -0.4 is 11.1 Å². The number of hydrogen-bond donors (Lipinski definition) is 2. The number of ether oxygens (including phenoxy) is 1. The zero-order valence-electron chi connectivity index (χ0n) is 11.5. The fourth-order valence-electron chi connectivity index (χ4n) is 1.38. The number of benzene rings is 1. The first-order valence-corrected chi connectivity index (χ1v) is 7.52. The Bertz CT molecular complexity index is 426. The molecule has 0 saturated heterocycles. The van der Waals surface area contributed by atoms with Crippen molar-refractivity contribution in [2.75, 3.05) is 12.4 Å². The smallest absolute Gasteiger partial charge is 0.407 e. The summed E-state index contributed by atoms with van der Waals surface area (Å²) in [6.07, 6.45) is 1.14. The molecule has 110 valence electrons. The lowest BCUT2D eigenvalue weighted by Crippen LogP contribution is -2.46. The van der Waals surface area contributed by atoms with Gasteiger partial charge in [-0.05, 0) is 18.6 Å². The van der Waals surface area contributed by atoms with Crippen LogP contribution in [0.15, 0.2) is 35.2 Å². The van der Waals surface area contributed by atoms with Crippen LogP contribution in [0.4, 0.5) is 4.79 Å². The van der Waals surface area contributed by atoms with Crippen molar-refractivity contribution in [3.8, 4) is 0 Å². The Hall–Kier alpha value is -1.69. The van der Waals surface area contributed by atoms with Crippen LogP contribution >= 0.6 is 11.8 Å². The van der Waals surface area contributed by atoms with Crippen LogP contribution in [-0.2, 0) is 9.53 Å². The molecule has 1 aromatic rings. The van der Waals surface area contributed by atoms with Gasteiger partial charge in [0, 0.05) is 10.6 Å². The summed E-state index contributed by atoms with van der Waals surface area (Å²) in [7, 11) is 0. The zero-order valence-corrected chi connectivity index (χ0v) is 12.3. The average Bonchev–Trinajstić information content (AvgIpc) is 2.44. The van der Waals surface area contributed by atoms with Crippen molar-refractivity contribution in [3.05, 3.63) is 30.3 Å². The van der Waals surface area contributed by atoms with Gasteiger partial charge in [0.15, 0.2) is 0 Å². The summed E-state index contributed by atoms with van der Waals surface area (Å²) in [4.78, 5) is 23.8. The summed E-state index contributed by atoms with van der Waals surface area (Å²) in [5.74, 6) is -0.191. The molecule has 1 rings (SSSR count). The first kappa shape index (κ1) is 16.4. The molecule has 0 radical (unpaired) electrons. The third kappa shape index (κ3) is 6.47. The quantitative estimate of drug-likeness (QED) is 0.569. The molecule has 0 aliphatic rings. The Morgan fingerprint density at radius 3 is 2.65 bits per heavy atom. The van der Waals surface area contributed by atoms with Gasteiger partial charge in [-0.1, -0.05) is 31.5 Å². The van der Waals surface area contributed by atoms with Crippen LogP contribution in [0.5, 0.6) is 0 Å². The van der Waals surface area contributed by atoms with E-state index >= 15 is 0 Å². The first-order chi connectivity index (χ1) is 9.63. The highest BCUT2D eigenvalue weighted by Gasteiger charge is 2.18. The van der Waals surface area contributed by atoms with Crippen LogP contribution in [0.2, 0.25) is 0 Å². The topological polar surface area (TPSA) is 81.4 Å². The highest BCUT2D eigenvalue weighted by atomic mass is 32.2. The number of hydrogen-bond acceptors (Lipinski definition) is 4. The van der Waals surface area contributed by atoms with Gasteiger partial charge in [0.1, 0.15) is 6.04 Å². The summed E-state index contributed by atoms with van der Waals surface area (Å²) in [6, 6.07) is 8.86. The second kappa shape index (κ2) is 9.25. The largest absolute Gasteiger partial charge is 0.450 e. The SMILES string of the molecule is CCCCOC(=O)NC(CSc1ccccc1)C(N)=O. The third-order valence-corrected chi connectivity index (χ3v) is 3.63. The molecule has 1 atom stereocenters. The molecule has 1 unspecified atom stereocenters. The van der Waals surface area contributed by atoms with E-state index in [1.54, 1.807) is 0 Å². The third-order valence-electron chi connectivity index (χ3n) is 2.53. The lowest BCUT2D eigenvalue weighted by atomic mass is 10.3. The molecule has 5 nitrogen and oxygen atoms in total. The predicted molar refractivity (Wildman–Crippen MR) is 79.5 cm³/mol. The number of unbranched alkanes of at least 4 members (excludes halogenated alkanes) is 1. The maximum Gasteiger partial charge on any atom is 0.407 e. The summed E-state index contributed by atoms with van der Waals surface area (Å²) in [5, 5.41) is 2.49. The standard InChI is InChI=1S/C14H20N2O3S/c1-2-3-9-19-14(18)16-12(13(15)17)10-20-11-7-5-4-6-8-11/h4-8,12H,2-3,9-10H2,1H3,(H2,15,17)(H,16,18). The molecular formula is C14H20N2O3S. The second-order valence-corrected chi connectivity index (χ2v) is 5.31.